The normalized spacial score (nSPS) is 12.1. The number of amides is 2. The zero-order valence-corrected chi connectivity index (χ0v) is 21.2. The van der Waals surface area contributed by atoms with Crippen LogP contribution in [0.3, 0.4) is 0 Å². The Labute approximate surface area is 211 Å². The molecule has 0 fully saturated rings. The first-order chi connectivity index (χ1) is 16.1. The number of nitrogens with zero attached hydrogens (tertiary/aromatic N) is 1. The lowest BCUT2D eigenvalue weighted by molar-refractivity contribution is -0.141. The Morgan fingerprint density at radius 3 is 2.09 bits per heavy atom. The minimum absolute atomic E-state index is 0.146. The molecule has 3 aromatic rings. The van der Waals surface area contributed by atoms with Crippen LogP contribution in [0.1, 0.15) is 37.5 Å². The van der Waals surface area contributed by atoms with Crippen LogP contribution in [-0.4, -0.2) is 28.3 Å². The van der Waals surface area contributed by atoms with E-state index in [1.165, 1.54) is 0 Å². The molecule has 0 heterocycles. The van der Waals surface area contributed by atoms with Crippen LogP contribution >= 0.6 is 23.2 Å². The van der Waals surface area contributed by atoms with Gasteiger partial charge in [-0.1, -0.05) is 77.8 Å². The molecule has 0 bridgehead atoms. The fourth-order valence-corrected chi connectivity index (χ4v) is 4.06. The molecular formula is C28H30Cl2N2O2. The van der Waals surface area contributed by atoms with Crippen LogP contribution < -0.4 is 5.32 Å². The molecule has 3 aromatic carbocycles. The van der Waals surface area contributed by atoms with Gasteiger partial charge in [-0.25, -0.2) is 0 Å². The minimum atomic E-state index is -0.694. The van der Waals surface area contributed by atoms with Crippen molar-refractivity contribution in [3.63, 3.8) is 0 Å². The number of hydrogen-bond donors (Lipinski definition) is 1. The van der Waals surface area contributed by atoms with E-state index in [0.717, 1.165) is 16.7 Å². The standard InChI is InChI=1S/C28H30Cl2N2O2/c1-28(2,3)31-27(34)25(17-20-8-5-4-6-9-20)32(19-22-10-7-11-24(30)16-22)26(33)18-21-12-14-23(29)15-13-21/h4-16,25H,17-19H2,1-3H3,(H,31,34). The maximum absolute atomic E-state index is 13.7. The van der Waals surface area contributed by atoms with Crippen LogP contribution in [-0.2, 0) is 29.0 Å². The lowest BCUT2D eigenvalue weighted by Crippen LogP contribution is -2.54. The summed E-state index contributed by atoms with van der Waals surface area (Å²) in [6.07, 6.45) is 0.557. The van der Waals surface area contributed by atoms with E-state index in [4.69, 9.17) is 23.2 Å². The van der Waals surface area contributed by atoms with Gasteiger partial charge >= 0.3 is 0 Å². The topological polar surface area (TPSA) is 49.4 Å². The van der Waals surface area contributed by atoms with Gasteiger partial charge in [0.05, 0.1) is 6.42 Å². The summed E-state index contributed by atoms with van der Waals surface area (Å²) in [5.74, 6) is -0.338. The molecule has 3 rings (SSSR count). The van der Waals surface area contributed by atoms with E-state index in [0.29, 0.717) is 16.5 Å². The first-order valence-corrected chi connectivity index (χ1v) is 12.0. The second-order valence-corrected chi connectivity index (χ2v) is 10.3. The summed E-state index contributed by atoms with van der Waals surface area (Å²) in [5.41, 5.74) is 2.23. The van der Waals surface area contributed by atoms with E-state index in [1.807, 2.05) is 81.4 Å². The van der Waals surface area contributed by atoms with Crippen molar-refractivity contribution in [2.45, 2.75) is 51.7 Å². The molecule has 0 aliphatic rings. The molecule has 0 radical (unpaired) electrons. The predicted octanol–water partition coefficient (Wildman–Crippen LogP) is 6.09. The summed E-state index contributed by atoms with van der Waals surface area (Å²) in [7, 11) is 0. The summed E-state index contributed by atoms with van der Waals surface area (Å²) in [5, 5.41) is 4.26. The van der Waals surface area contributed by atoms with Crippen molar-refractivity contribution in [3.05, 3.63) is 106 Å². The first kappa shape index (κ1) is 25.8. The minimum Gasteiger partial charge on any atom is -0.350 e. The van der Waals surface area contributed by atoms with Crippen LogP contribution in [0.15, 0.2) is 78.9 Å². The van der Waals surface area contributed by atoms with E-state index in [-0.39, 0.29) is 24.8 Å². The van der Waals surface area contributed by atoms with Gasteiger partial charge in [0.1, 0.15) is 6.04 Å². The summed E-state index contributed by atoms with van der Waals surface area (Å²) in [6.45, 7) is 6.06. The van der Waals surface area contributed by atoms with E-state index in [1.54, 1.807) is 23.1 Å². The third-order valence-corrected chi connectivity index (χ3v) is 5.77. The Kier molecular flexibility index (Phi) is 8.76. The van der Waals surface area contributed by atoms with Gasteiger partial charge < -0.3 is 10.2 Å². The highest BCUT2D eigenvalue weighted by Crippen LogP contribution is 2.20. The fourth-order valence-electron chi connectivity index (χ4n) is 3.72. The number of nitrogens with one attached hydrogen (secondary N) is 1. The molecule has 4 nitrogen and oxygen atoms in total. The third kappa shape index (κ3) is 7.89. The van der Waals surface area contributed by atoms with Gasteiger partial charge in [0.25, 0.3) is 0 Å². The molecule has 2 amide bonds. The van der Waals surface area contributed by atoms with Crippen molar-refractivity contribution >= 4 is 35.0 Å². The average Bonchev–Trinajstić information content (AvgIpc) is 2.77. The van der Waals surface area contributed by atoms with Crippen LogP contribution in [0, 0.1) is 0 Å². The van der Waals surface area contributed by atoms with Crippen LogP contribution in [0.4, 0.5) is 0 Å². The average molecular weight is 497 g/mol. The lowest BCUT2D eigenvalue weighted by atomic mass is 10.00. The van der Waals surface area contributed by atoms with Crippen molar-refractivity contribution in [2.75, 3.05) is 0 Å². The smallest absolute Gasteiger partial charge is 0.243 e. The fraction of sp³-hybridized carbons (Fsp3) is 0.286. The van der Waals surface area contributed by atoms with E-state index < -0.39 is 11.6 Å². The van der Waals surface area contributed by atoms with E-state index in [2.05, 4.69) is 5.32 Å². The number of carbonyl (C=O) groups excluding carboxylic acids is 2. The second-order valence-electron chi connectivity index (χ2n) is 9.40. The molecule has 34 heavy (non-hydrogen) atoms. The van der Waals surface area contributed by atoms with Crippen molar-refractivity contribution in [1.29, 1.82) is 0 Å². The van der Waals surface area contributed by atoms with Crippen molar-refractivity contribution < 1.29 is 9.59 Å². The molecule has 0 aromatic heterocycles. The first-order valence-electron chi connectivity index (χ1n) is 11.2. The van der Waals surface area contributed by atoms with Crippen LogP contribution in [0.2, 0.25) is 10.0 Å². The third-order valence-electron chi connectivity index (χ3n) is 5.28. The molecule has 0 saturated carbocycles. The quantitative estimate of drug-likeness (QED) is 0.410. The largest absolute Gasteiger partial charge is 0.350 e. The SMILES string of the molecule is CC(C)(C)NC(=O)C(Cc1ccccc1)N(Cc1cccc(Cl)c1)C(=O)Cc1ccc(Cl)cc1. The molecule has 1 atom stereocenters. The van der Waals surface area contributed by atoms with Gasteiger partial charge in [-0.05, 0) is 61.7 Å². The van der Waals surface area contributed by atoms with Gasteiger partial charge in [-0.3, -0.25) is 9.59 Å². The van der Waals surface area contributed by atoms with Gasteiger partial charge in [-0.15, -0.1) is 0 Å². The van der Waals surface area contributed by atoms with Gasteiger partial charge in [-0.2, -0.15) is 0 Å². The Morgan fingerprint density at radius 1 is 0.824 bits per heavy atom. The molecular weight excluding hydrogens is 467 g/mol. The summed E-state index contributed by atoms with van der Waals surface area (Å²) in [4.78, 5) is 28.8. The molecule has 178 valence electrons. The zero-order chi connectivity index (χ0) is 24.7. The lowest BCUT2D eigenvalue weighted by Gasteiger charge is -2.34. The molecule has 0 spiro atoms. The second kappa shape index (κ2) is 11.5. The van der Waals surface area contributed by atoms with Gasteiger partial charge in [0, 0.05) is 28.5 Å². The summed E-state index contributed by atoms with van der Waals surface area (Å²) < 4.78 is 0. The Bertz CT molecular complexity index is 1110. The monoisotopic (exact) mass is 496 g/mol. The van der Waals surface area contributed by atoms with Crippen molar-refractivity contribution in [2.24, 2.45) is 0 Å². The van der Waals surface area contributed by atoms with Crippen LogP contribution in [0.5, 0.6) is 0 Å². The summed E-state index contributed by atoms with van der Waals surface area (Å²) in [6, 6.07) is 23.6. The Hall–Kier alpha value is -2.82. The number of halogens is 2. The predicted molar refractivity (Wildman–Crippen MR) is 139 cm³/mol. The highest BCUT2D eigenvalue weighted by molar-refractivity contribution is 6.30. The van der Waals surface area contributed by atoms with Crippen LogP contribution in [0.25, 0.3) is 0 Å². The Balaban J connectivity index is 1.98. The molecule has 0 aliphatic heterocycles. The number of hydrogen-bond acceptors (Lipinski definition) is 2. The van der Waals surface area contributed by atoms with E-state index in [9.17, 15) is 9.59 Å². The number of rotatable bonds is 8. The molecule has 0 saturated heterocycles. The number of benzene rings is 3. The zero-order valence-electron chi connectivity index (χ0n) is 19.7. The van der Waals surface area contributed by atoms with Gasteiger partial charge in [0.15, 0.2) is 0 Å². The molecule has 1 unspecified atom stereocenters. The van der Waals surface area contributed by atoms with Crippen molar-refractivity contribution in [1.82, 2.24) is 10.2 Å². The highest BCUT2D eigenvalue weighted by atomic mass is 35.5. The van der Waals surface area contributed by atoms with E-state index >= 15 is 0 Å². The maximum atomic E-state index is 13.7. The van der Waals surface area contributed by atoms with Crippen molar-refractivity contribution in [3.8, 4) is 0 Å². The summed E-state index contributed by atoms with van der Waals surface area (Å²) >= 11 is 12.2. The molecule has 0 aliphatic carbocycles. The Morgan fingerprint density at radius 2 is 1.47 bits per heavy atom. The maximum Gasteiger partial charge on any atom is 0.243 e. The molecule has 6 heteroatoms. The number of carbonyl (C=O) groups is 2. The van der Waals surface area contributed by atoms with Gasteiger partial charge in [0.2, 0.25) is 11.8 Å². The molecule has 1 N–H and O–H groups in total. The highest BCUT2D eigenvalue weighted by Gasteiger charge is 2.32.